The molecule has 2 aromatic heterocycles. The Bertz CT molecular complexity index is 977. The Morgan fingerprint density at radius 2 is 2.15 bits per heavy atom. The molecule has 1 aliphatic heterocycles. The number of aromatic nitrogens is 4. The van der Waals surface area contributed by atoms with Crippen molar-refractivity contribution in [2.24, 2.45) is 0 Å². The van der Waals surface area contributed by atoms with Crippen LogP contribution in [0.4, 0.5) is 14.6 Å². The lowest BCUT2D eigenvalue weighted by Crippen LogP contribution is -2.40. The zero-order valence-electron chi connectivity index (χ0n) is 13.4. The minimum atomic E-state index is -0.981. The van der Waals surface area contributed by atoms with Crippen molar-refractivity contribution in [3.05, 3.63) is 42.4 Å². The van der Waals surface area contributed by atoms with Crippen LogP contribution in [0.3, 0.4) is 0 Å². The largest absolute Gasteiger partial charge is 0.377 e. The molecule has 3 heterocycles. The number of halogens is 2. The summed E-state index contributed by atoms with van der Waals surface area (Å²) in [6.07, 6.45) is 2.80. The second-order valence-corrected chi connectivity index (χ2v) is 5.68. The molecule has 8 nitrogen and oxygen atoms in total. The fourth-order valence-corrected chi connectivity index (χ4v) is 2.68. The number of carbonyl (C=O) groups excluding carboxylic acids is 1. The van der Waals surface area contributed by atoms with Crippen molar-refractivity contribution in [3.63, 3.8) is 0 Å². The second-order valence-electron chi connectivity index (χ2n) is 5.68. The van der Waals surface area contributed by atoms with E-state index in [4.69, 9.17) is 4.74 Å². The first-order chi connectivity index (χ1) is 12.6. The van der Waals surface area contributed by atoms with Crippen LogP contribution < -0.4 is 10.6 Å². The van der Waals surface area contributed by atoms with E-state index in [1.54, 1.807) is 0 Å². The number of nitrogens with zero attached hydrogens (tertiary/aromatic N) is 4. The van der Waals surface area contributed by atoms with Crippen molar-refractivity contribution in [1.82, 2.24) is 25.1 Å². The molecule has 0 bridgehead atoms. The van der Waals surface area contributed by atoms with E-state index in [2.05, 4.69) is 25.7 Å². The first-order valence-electron chi connectivity index (χ1n) is 7.89. The SMILES string of the molecule is O=C1NCCOCC1Nc1ncnc2c1cnn2-c1ccc(F)c(F)c1. The van der Waals surface area contributed by atoms with E-state index < -0.39 is 17.7 Å². The molecule has 2 N–H and O–H groups in total. The number of rotatable bonds is 3. The molecule has 1 atom stereocenters. The van der Waals surface area contributed by atoms with Crippen LogP contribution in [-0.4, -0.2) is 51.5 Å². The molecule has 0 spiro atoms. The average molecular weight is 360 g/mol. The van der Waals surface area contributed by atoms with Gasteiger partial charge in [-0.15, -0.1) is 0 Å². The molecule has 134 valence electrons. The van der Waals surface area contributed by atoms with Crippen molar-refractivity contribution in [3.8, 4) is 5.69 Å². The van der Waals surface area contributed by atoms with Crippen molar-refractivity contribution < 1.29 is 18.3 Å². The Morgan fingerprint density at radius 1 is 1.27 bits per heavy atom. The third-order valence-electron chi connectivity index (χ3n) is 3.97. The Morgan fingerprint density at radius 3 is 3.00 bits per heavy atom. The van der Waals surface area contributed by atoms with Crippen molar-refractivity contribution in [1.29, 1.82) is 0 Å². The molecule has 1 unspecified atom stereocenters. The first kappa shape index (κ1) is 16.3. The predicted molar refractivity (Wildman–Crippen MR) is 87.8 cm³/mol. The van der Waals surface area contributed by atoms with E-state index in [-0.39, 0.29) is 12.5 Å². The number of ether oxygens (including phenoxy) is 1. The fraction of sp³-hybridized carbons (Fsp3) is 0.250. The van der Waals surface area contributed by atoms with Crippen LogP contribution in [0.15, 0.2) is 30.7 Å². The fourth-order valence-electron chi connectivity index (χ4n) is 2.68. The van der Waals surface area contributed by atoms with Crippen LogP contribution in [0.5, 0.6) is 0 Å². The summed E-state index contributed by atoms with van der Waals surface area (Å²) in [6.45, 7) is 1.09. The Kier molecular flexibility index (Phi) is 4.17. The molecule has 3 aromatic rings. The van der Waals surface area contributed by atoms with Gasteiger partial charge in [-0.3, -0.25) is 4.79 Å². The molecule has 26 heavy (non-hydrogen) atoms. The lowest BCUT2D eigenvalue weighted by atomic mass is 10.2. The van der Waals surface area contributed by atoms with Gasteiger partial charge in [-0.25, -0.2) is 23.4 Å². The van der Waals surface area contributed by atoms with Crippen molar-refractivity contribution in [2.45, 2.75) is 6.04 Å². The van der Waals surface area contributed by atoms with E-state index in [0.29, 0.717) is 35.7 Å². The van der Waals surface area contributed by atoms with Gasteiger partial charge in [0.25, 0.3) is 0 Å². The maximum atomic E-state index is 13.5. The van der Waals surface area contributed by atoms with Gasteiger partial charge in [0.2, 0.25) is 5.91 Å². The summed E-state index contributed by atoms with van der Waals surface area (Å²) >= 11 is 0. The maximum Gasteiger partial charge on any atom is 0.245 e. The van der Waals surface area contributed by atoms with Gasteiger partial charge in [-0.05, 0) is 12.1 Å². The predicted octanol–water partition coefficient (Wildman–Crippen LogP) is 1.02. The summed E-state index contributed by atoms with van der Waals surface area (Å²) in [6, 6.07) is 2.84. The molecule has 4 rings (SSSR count). The van der Waals surface area contributed by atoms with Crippen LogP contribution in [0.2, 0.25) is 0 Å². The van der Waals surface area contributed by atoms with E-state index in [9.17, 15) is 13.6 Å². The first-order valence-corrected chi connectivity index (χ1v) is 7.89. The van der Waals surface area contributed by atoms with Crippen LogP contribution >= 0.6 is 0 Å². The van der Waals surface area contributed by atoms with Crippen LogP contribution in [0.25, 0.3) is 16.7 Å². The minimum absolute atomic E-state index is 0.192. The van der Waals surface area contributed by atoms with Crippen molar-refractivity contribution >= 4 is 22.8 Å². The topological polar surface area (TPSA) is 94.0 Å². The van der Waals surface area contributed by atoms with E-state index >= 15 is 0 Å². The summed E-state index contributed by atoms with van der Waals surface area (Å²) in [5.74, 6) is -1.72. The molecule has 1 amide bonds. The molecule has 0 radical (unpaired) electrons. The molecule has 10 heteroatoms. The summed E-state index contributed by atoms with van der Waals surface area (Å²) in [7, 11) is 0. The number of benzene rings is 1. The molecular formula is C16H14F2N6O2. The number of hydrogen-bond acceptors (Lipinski definition) is 6. The molecule has 0 saturated carbocycles. The van der Waals surface area contributed by atoms with Gasteiger partial charge in [-0.1, -0.05) is 0 Å². The number of carbonyl (C=O) groups is 1. The van der Waals surface area contributed by atoms with Crippen LogP contribution in [0, 0.1) is 11.6 Å². The van der Waals surface area contributed by atoms with E-state index in [1.165, 1.54) is 23.3 Å². The third kappa shape index (κ3) is 2.94. The lowest BCUT2D eigenvalue weighted by molar-refractivity contribution is -0.121. The van der Waals surface area contributed by atoms with Gasteiger partial charge in [0.05, 0.1) is 30.5 Å². The molecular weight excluding hydrogens is 346 g/mol. The Labute approximate surface area is 146 Å². The summed E-state index contributed by atoms with van der Waals surface area (Å²) in [5, 5.41) is 10.5. The third-order valence-corrected chi connectivity index (χ3v) is 3.97. The van der Waals surface area contributed by atoms with Crippen LogP contribution in [-0.2, 0) is 9.53 Å². The second kappa shape index (κ2) is 6.64. The number of nitrogens with one attached hydrogen (secondary N) is 2. The van der Waals surface area contributed by atoms with Gasteiger partial charge in [0.15, 0.2) is 17.3 Å². The number of fused-ring (bicyclic) bond motifs is 1. The van der Waals surface area contributed by atoms with E-state index in [0.717, 1.165) is 12.1 Å². The number of amides is 1. The number of hydrogen-bond donors (Lipinski definition) is 2. The zero-order chi connectivity index (χ0) is 18.1. The monoisotopic (exact) mass is 360 g/mol. The number of anilines is 1. The lowest BCUT2D eigenvalue weighted by Gasteiger charge is -2.15. The highest BCUT2D eigenvalue weighted by Crippen LogP contribution is 2.23. The Hall–Kier alpha value is -3.14. The van der Waals surface area contributed by atoms with Gasteiger partial charge < -0.3 is 15.4 Å². The summed E-state index contributed by atoms with van der Waals surface area (Å²) < 4.78 is 33.4. The Balaban J connectivity index is 1.70. The highest BCUT2D eigenvalue weighted by molar-refractivity contribution is 5.91. The summed E-state index contributed by atoms with van der Waals surface area (Å²) in [5.41, 5.74) is 0.711. The molecule has 1 fully saturated rings. The van der Waals surface area contributed by atoms with Gasteiger partial charge in [-0.2, -0.15) is 5.10 Å². The average Bonchev–Trinajstić information content (AvgIpc) is 2.97. The van der Waals surface area contributed by atoms with Gasteiger partial charge in [0, 0.05) is 12.6 Å². The quantitative estimate of drug-likeness (QED) is 0.724. The van der Waals surface area contributed by atoms with Crippen molar-refractivity contribution in [2.75, 3.05) is 25.1 Å². The van der Waals surface area contributed by atoms with Gasteiger partial charge in [0.1, 0.15) is 18.2 Å². The van der Waals surface area contributed by atoms with Crippen LogP contribution in [0.1, 0.15) is 0 Å². The standard InChI is InChI=1S/C16H14F2N6O2/c17-11-2-1-9(5-12(11)18)24-15-10(6-22-24)14(20-8-21-15)23-13-7-26-4-3-19-16(13)25/h1-2,5-6,8,13H,3-4,7H2,(H,19,25)(H,20,21,23). The van der Waals surface area contributed by atoms with Gasteiger partial charge >= 0.3 is 0 Å². The molecule has 1 saturated heterocycles. The zero-order valence-corrected chi connectivity index (χ0v) is 13.4. The smallest absolute Gasteiger partial charge is 0.245 e. The highest BCUT2D eigenvalue weighted by atomic mass is 19.2. The highest BCUT2D eigenvalue weighted by Gasteiger charge is 2.23. The maximum absolute atomic E-state index is 13.5. The molecule has 0 aliphatic carbocycles. The molecule has 1 aliphatic rings. The summed E-state index contributed by atoms with van der Waals surface area (Å²) in [4.78, 5) is 20.4. The van der Waals surface area contributed by atoms with E-state index in [1.807, 2.05) is 0 Å². The minimum Gasteiger partial charge on any atom is -0.377 e. The molecule has 1 aromatic carbocycles. The normalized spacial score (nSPS) is 17.8.